The number of amides is 1. The minimum absolute atomic E-state index is 0. The fraction of sp³-hybridized carbons (Fsp3) is 0.933. The van der Waals surface area contributed by atoms with Crippen LogP contribution in [-0.4, -0.2) is 60.5 Å². The van der Waals surface area contributed by atoms with Crippen molar-refractivity contribution in [2.24, 2.45) is 0 Å². The van der Waals surface area contributed by atoms with Gasteiger partial charge < -0.3 is 10.2 Å². The topological polar surface area (TPSA) is 35.6 Å². The Hall–Kier alpha value is -0.320. The van der Waals surface area contributed by atoms with Gasteiger partial charge in [-0.2, -0.15) is 0 Å². The third kappa shape index (κ3) is 4.61. The highest BCUT2D eigenvalue weighted by atomic mass is 35.5. The van der Waals surface area contributed by atoms with Crippen LogP contribution in [-0.2, 0) is 4.79 Å². The van der Waals surface area contributed by atoms with E-state index in [2.05, 4.69) is 29.0 Å². The Balaban J connectivity index is 0.00000200. The molecule has 0 unspecified atom stereocenters. The number of hydrogen-bond acceptors (Lipinski definition) is 3. The summed E-state index contributed by atoms with van der Waals surface area (Å²) >= 11 is 0. The molecule has 2 rings (SSSR count). The molecule has 2 aliphatic rings. The maximum Gasteiger partial charge on any atom is 0.236 e. The Morgan fingerprint density at radius 1 is 1.30 bits per heavy atom. The van der Waals surface area contributed by atoms with Crippen LogP contribution >= 0.6 is 12.4 Å². The van der Waals surface area contributed by atoms with Gasteiger partial charge in [0.05, 0.1) is 6.54 Å². The monoisotopic (exact) mass is 303 g/mol. The van der Waals surface area contributed by atoms with E-state index in [4.69, 9.17) is 0 Å². The Morgan fingerprint density at radius 2 is 2.00 bits per heavy atom. The van der Waals surface area contributed by atoms with E-state index in [0.29, 0.717) is 24.5 Å². The first-order chi connectivity index (χ1) is 9.22. The van der Waals surface area contributed by atoms with Crippen LogP contribution in [0.4, 0.5) is 0 Å². The first kappa shape index (κ1) is 17.7. The minimum atomic E-state index is 0. The predicted molar refractivity (Wildman–Crippen MR) is 85.4 cm³/mol. The molecule has 1 saturated carbocycles. The molecule has 1 aliphatic carbocycles. The summed E-state index contributed by atoms with van der Waals surface area (Å²) in [5.41, 5.74) is 0. The van der Waals surface area contributed by atoms with Gasteiger partial charge in [-0.1, -0.05) is 19.3 Å². The molecule has 0 aromatic heterocycles. The van der Waals surface area contributed by atoms with E-state index in [1.54, 1.807) is 0 Å². The number of piperazine rings is 1. The van der Waals surface area contributed by atoms with Crippen LogP contribution in [0.3, 0.4) is 0 Å². The molecular formula is C15H30ClN3O. The van der Waals surface area contributed by atoms with Gasteiger partial charge >= 0.3 is 0 Å². The van der Waals surface area contributed by atoms with Crippen molar-refractivity contribution in [1.29, 1.82) is 0 Å². The highest BCUT2D eigenvalue weighted by Crippen LogP contribution is 2.22. The molecule has 1 N–H and O–H groups in total. The zero-order chi connectivity index (χ0) is 13.7. The van der Waals surface area contributed by atoms with E-state index < -0.39 is 0 Å². The Kier molecular flexibility index (Phi) is 7.85. The third-order valence-corrected chi connectivity index (χ3v) is 4.65. The lowest BCUT2D eigenvalue weighted by Gasteiger charge is -2.38. The summed E-state index contributed by atoms with van der Waals surface area (Å²) < 4.78 is 0. The highest BCUT2D eigenvalue weighted by Gasteiger charge is 2.27. The van der Waals surface area contributed by atoms with Crippen molar-refractivity contribution in [1.82, 2.24) is 15.1 Å². The first-order valence-corrected chi connectivity index (χ1v) is 7.96. The molecule has 1 saturated heterocycles. The molecule has 0 aromatic rings. The number of likely N-dealkylation sites (N-methyl/N-ethyl adjacent to an activating group) is 1. The maximum absolute atomic E-state index is 12.6. The first-order valence-electron chi connectivity index (χ1n) is 7.96. The quantitative estimate of drug-likeness (QED) is 0.861. The molecule has 20 heavy (non-hydrogen) atoms. The number of carbonyl (C=O) groups is 1. The van der Waals surface area contributed by atoms with E-state index in [0.717, 1.165) is 26.2 Å². The molecule has 0 aromatic carbocycles. The second-order valence-electron chi connectivity index (χ2n) is 6.00. The van der Waals surface area contributed by atoms with Crippen LogP contribution < -0.4 is 5.32 Å². The van der Waals surface area contributed by atoms with Crippen LogP contribution in [0.25, 0.3) is 0 Å². The molecular weight excluding hydrogens is 274 g/mol. The Bertz CT molecular complexity index is 295. The molecule has 1 atom stereocenters. The predicted octanol–water partition coefficient (Wildman–Crippen LogP) is 1.88. The molecule has 0 bridgehead atoms. The molecule has 0 spiro atoms. The van der Waals surface area contributed by atoms with E-state index in [1.165, 1.54) is 32.1 Å². The number of hydrogen-bond donors (Lipinski definition) is 1. The molecule has 4 nitrogen and oxygen atoms in total. The van der Waals surface area contributed by atoms with E-state index >= 15 is 0 Å². The second-order valence-corrected chi connectivity index (χ2v) is 6.00. The number of nitrogens with one attached hydrogen (secondary N) is 1. The van der Waals surface area contributed by atoms with Gasteiger partial charge in [0.2, 0.25) is 5.91 Å². The molecule has 118 valence electrons. The average Bonchev–Trinajstić information content (AvgIpc) is 2.43. The smallest absolute Gasteiger partial charge is 0.236 e. The standard InChI is InChI=1S/C15H29N3O.ClH/c1-3-18(14-7-5-4-6-8-14)15(19)12-17-10-9-16-11-13(17)2;/h13-14,16H,3-12H2,1-2H3;1H/t13-;/m1./s1. The molecule has 1 amide bonds. The van der Waals surface area contributed by atoms with Gasteiger partial charge in [0.1, 0.15) is 0 Å². The molecule has 1 heterocycles. The van der Waals surface area contributed by atoms with Crippen molar-refractivity contribution in [2.75, 3.05) is 32.7 Å². The van der Waals surface area contributed by atoms with Gasteiger partial charge in [-0.15, -0.1) is 12.4 Å². The number of halogens is 1. The largest absolute Gasteiger partial charge is 0.339 e. The summed E-state index contributed by atoms with van der Waals surface area (Å²) in [6.07, 6.45) is 6.33. The van der Waals surface area contributed by atoms with E-state index in [9.17, 15) is 4.79 Å². The summed E-state index contributed by atoms with van der Waals surface area (Å²) in [7, 11) is 0. The number of carbonyl (C=O) groups excluding carboxylic acids is 1. The normalized spacial score (nSPS) is 25.0. The van der Waals surface area contributed by atoms with Crippen LogP contribution in [0.2, 0.25) is 0 Å². The van der Waals surface area contributed by atoms with Gasteiger partial charge in [0.25, 0.3) is 0 Å². The zero-order valence-electron chi connectivity index (χ0n) is 12.9. The summed E-state index contributed by atoms with van der Waals surface area (Å²) in [6, 6.07) is 0.979. The Morgan fingerprint density at radius 3 is 2.60 bits per heavy atom. The zero-order valence-corrected chi connectivity index (χ0v) is 13.8. The lowest BCUT2D eigenvalue weighted by molar-refractivity contribution is -0.135. The Labute approximate surface area is 129 Å². The molecule has 5 heteroatoms. The number of nitrogens with zero attached hydrogens (tertiary/aromatic N) is 2. The molecule has 0 radical (unpaired) electrons. The van der Waals surface area contributed by atoms with E-state index in [-0.39, 0.29) is 12.4 Å². The van der Waals surface area contributed by atoms with Crippen LogP contribution in [0.5, 0.6) is 0 Å². The van der Waals surface area contributed by atoms with Crippen molar-refractivity contribution < 1.29 is 4.79 Å². The molecule has 2 fully saturated rings. The minimum Gasteiger partial charge on any atom is -0.339 e. The van der Waals surface area contributed by atoms with Gasteiger partial charge in [-0.25, -0.2) is 0 Å². The summed E-state index contributed by atoms with van der Waals surface area (Å²) in [4.78, 5) is 17.0. The fourth-order valence-corrected chi connectivity index (χ4v) is 3.41. The van der Waals surface area contributed by atoms with Gasteiger partial charge in [-0.3, -0.25) is 9.69 Å². The number of rotatable bonds is 4. The van der Waals surface area contributed by atoms with Crippen molar-refractivity contribution in [2.45, 2.75) is 58.0 Å². The average molecular weight is 304 g/mol. The second kappa shape index (κ2) is 8.85. The van der Waals surface area contributed by atoms with Crippen LogP contribution in [0, 0.1) is 0 Å². The van der Waals surface area contributed by atoms with Crippen molar-refractivity contribution >= 4 is 18.3 Å². The highest BCUT2D eigenvalue weighted by molar-refractivity contribution is 5.85. The van der Waals surface area contributed by atoms with Crippen LogP contribution in [0.1, 0.15) is 46.0 Å². The van der Waals surface area contributed by atoms with Gasteiger partial charge in [0, 0.05) is 38.3 Å². The van der Waals surface area contributed by atoms with Crippen LogP contribution in [0.15, 0.2) is 0 Å². The lowest BCUT2D eigenvalue weighted by Crippen LogP contribution is -2.54. The summed E-state index contributed by atoms with van der Waals surface area (Å²) in [6.45, 7) is 8.80. The summed E-state index contributed by atoms with van der Waals surface area (Å²) in [5.74, 6) is 0.336. The SMILES string of the molecule is CCN(C(=O)CN1CCNC[C@H]1C)C1CCCCC1.Cl. The van der Waals surface area contributed by atoms with E-state index in [1.807, 2.05) is 0 Å². The van der Waals surface area contributed by atoms with Crippen molar-refractivity contribution in [3.05, 3.63) is 0 Å². The fourth-order valence-electron chi connectivity index (χ4n) is 3.41. The maximum atomic E-state index is 12.6. The van der Waals surface area contributed by atoms with Crippen molar-refractivity contribution in [3.63, 3.8) is 0 Å². The third-order valence-electron chi connectivity index (χ3n) is 4.65. The lowest BCUT2D eigenvalue weighted by atomic mass is 9.94. The van der Waals surface area contributed by atoms with Gasteiger partial charge in [0.15, 0.2) is 0 Å². The van der Waals surface area contributed by atoms with Crippen molar-refractivity contribution in [3.8, 4) is 0 Å². The summed E-state index contributed by atoms with van der Waals surface area (Å²) in [5, 5.41) is 3.38. The molecule has 1 aliphatic heterocycles. The van der Waals surface area contributed by atoms with Gasteiger partial charge in [-0.05, 0) is 26.7 Å².